The van der Waals surface area contributed by atoms with Crippen molar-refractivity contribution >= 4 is 34.4 Å². The summed E-state index contributed by atoms with van der Waals surface area (Å²) in [4.78, 5) is 25.1. The number of nitrogens with zero attached hydrogens (tertiary/aromatic N) is 1. The van der Waals surface area contributed by atoms with Gasteiger partial charge in [-0.15, -0.1) is 11.3 Å². The highest BCUT2D eigenvalue weighted by Crippen LogP contribution is 2.38. The summed E-state index contributed by atoms with van der Waals surface area (Å²) in [5.41, 5.74) is 1.41. The molecule has 2 aromatic rings. The molecule has 8 nitrogen and oxygen atoms in total. The van der Waals surface area contributed by atoms with Crippen molar-refractivity contribution in [2.45, 2.75) is 31.4 Å². The third-order valence-electron chi connectivity index (χ3n) is 4.74. The molecule has 3 heterocycles. The Morgan fingerprint density at radius 1 is 1.38 bits per heavy atom. The number of carbonyl (C=O) groups excluding carboxylic acids is 2. The number of carbonyl (C=O) groups is 2. The third kappa shape index (κ3) is 4.50. The number of hydrogen-bond donors (Lipinski definition) is 2. The largest absolute Gasteiger partial charge is 0.465 e. The van der Waals surface area contributed by atoms with Crippen LogP contribution < -0.4 is 10.6 Å². The van der Waals surface area contributed by atoms with Crippen LogP contribution in [0.15, 0.2) is 28.9 Å². The van der Waals surface area contributed by atoms with Crippen LogP contribution in [0.4, 0.5) is 9.80 Å². The number of furan rings is 1. The van der Waals surface area contributed by atoms with Gasteiger partial charge in [0.15, 0.2) is 0 Å². The lowest BCUT2D eigenvalue weighted by Gasteiger charge is -2.28. The number of anilines is 1. The fourth-order valence-corrected chi connectivity index (χ4v) is 4.50. The van der Waals surface area contributed by atoms with Crippen molar-refractivity contribution in [3.8, 4) is 6.07 Å². The van der Waals surface area contributed by atoms with E-state index < -0.39 is 6.09 Å². The lowest BCUT2D eigenvalue weighted by atomic mass is 9.94. The molecule has 2 aliphatic rings. The number of thiophene rings is 1. The van der Waals surface area contributed by atoms with Crippen LogP contribution in [-0.4, -0.2) is 37.4 Å². The highest BCUT2D eigenvalue weighted by molar-refractivity contribution is 7.16. The van der Waals surface area contributed by atoms with Gasteiger partial charge in [-0.25, -0.2) is 4.79 Å². The van der Waals surface area contributed by atoms with Crippen LogP contribution in [0.25, 0.3) is 6.08 Å². The Labute approximate surface area is 171 Å². The van der Waals surface area contributed by atoms with Gasteiger partial charge >= 0.3 is 6.09 Å². The first kappa shape index (κ1) is 19.2. The maximum absolute atomic E-state index is 12.2. The van der Waals surface area contributed by atoms with Gasteiger partial charge in [0.05, 0.1) is 31.1 Å². The zero-order valence-electron chi connectivity index (χ0n) is 15.5. The number of hydrogen-bond acceptors (Lipinski definition) is 7. The lowest BCUT2D eigenvalue weighted by Crippen LogP contribution is -2.49. The molecule has 0 saturated carbocycles. The van der Waals surface area contributed by atoms with Crippen LogP contribution in [0.1, 0.15) is 28.2 Å². The Bertz CT molecular complexity index is 969. The average molecular weight is 413 g/mol. The molecule has 2 aromatic heterocycles. The van der Waals surface area contributed by atoms with Gasteiger partial charge in [-0.2, -0.15) is 5.26 Å². The van der Waals surface area contributed by atoms with E-state index in [9.17, 15) is 14.9 Å². The fourth-order valence-electron chi connectivity index (χ4n) is 3.23. The Hall–Kier alpha value is -3.09. The molecule has 9 heteroatoms. The minimum Gasteiger partial charge on any atom is -0.465 e. The quantitative estimate of drug-likeness (QED) is 0.729. The Kier molecular flexibility index (Phi) is 5.64. The standard InChI is InChI=1S/C20H19N3O5S/c21-9-16-15-5-3-14(28-20(25)22-12-10-26-11-12)8-17(15)29-19(16)23-18(24)6-4-13-2-1-7-27-13/h1-2,4,6-7,12,14H,3,5,8,10-11H2,(H,22,25)(H,23,24). The molecule has 150 valence electrons. The molecule has 2 amide bonds. The summed E-state index contributed by atoms with van der Waals surface area (Å²) in [6, 6.07) is 5.69. The third-order valence-corrected chi connectivity index (χ3v) is 5.91. The molecular weight excluding hydrogens is 394 g/mol. The zero-order valence-corrected chi connectivity index (χ0v) is 16.3. The van der Waals surface area contributed by atoms with Crippen LogP contribution in [0.2, 0.25) is 0 Å². The number of amides is 2. The predicted octanol–water partition coefficient (Wildman–Crippen LogP) is 2.85. The van der Waals surface area contributed by atoms with E-state index in [1.54, 1.807) is 18.2 Å². The van der Waals surface area contributed by atoms with E-state index in [0.717, 1.165) is 10.4 Å². The van der Waals surface area contributed by atoms with Crippen molar-refractivity contribution in [3.63, 3.8) is 0 Å². The van der Waals surface area contributed by atoms with Gasteiger partial charge < -0.3 is 24.5 Å². The summed E-state index contributed by atoms with van der Waals surface area (Å²) >= 11 is 1.36. The van der Waals surface area contributed by atoms with Crippen molar-refractivity contribution in [2.75, 3.05) is 18.5 Å². The summed E-state index contributed by atoms with van der Waals surface area (Å²) < 4.78 is 15.7. The predicted molar refractivity (Wildman–Crippen MR) is 105 cm³/mol. The lowest BCUT2D eigenvalue weighted by molar-refractivity contribution is -0.111. The van der Waals surface area contributed by atoms with E-state index in [1.165, 1.54) is 23.7 Å². The SMILES string of the molecule is N#Cc1c(NC(=O)C=Cc2ccco2)sc2c1CCC(OC(=O)NC1COC1)C2. The molecule has 0 aromatic carbocycles. The topological polar surface area (TPSA) is 114 Å². The molecule has 1 aliphatic carbocycles. The Morgan fingerprint density at radius 3 is 2.93 bits per heavy atom. The van der Waals surface area contributed by atoms with Gasteiger partial charge in [-0.3, -0.25) is 4.79 Å². The van der Waals surface area contributed by atoms with E-state index in [-0.39, 0.29) is 18.1 Å². The molecule has 29 heavy (non-hydrogen) atoms. The second-order valence-corrected chi connectivity index (χ2v) is 7.91. The molecule has 0 spiro atoms. The van der Waals surface area contributed by atoms with Crippen LogP contribution in [0.5, 0.6) is 0 Å². The smallest absolute Gasteiger partial charge is 0.407 e. The highest BCUT2D eigenvalue weighted by Gasteiger charge is 2.29. The maximum atomic E-state index is 12.2. The normalized spacial score (nSPS) is 18.5. The minimum absolute atomic E-state index is 0.0182. The minimum atomic E-state index is -0.444. The second-order valence-electron chi connectivity index (χ2n) is 6.81. The van der Waals surface area contributed by atoms with Gasteiger partial charge in [0, 0.05) is 17.4 Å². The molecule has 1 unspecified atom stereocenters. The number of fused-ring (bicyclic) bond motifs is 1. The Balaban J connectivity index is 1.39. The van der Waals surface area contributed by atoms with Crippen LogP contribution in [0, 0.1) is 11.3 Å². The van der Waals surface area contributed by atoms with Crippen molar-refractivity contribution in [1.29, 1.82) is 5.26 Å². The van der Waals surface area contributed by atoms with Gasteiger partial charge in [-0.1, -0.05) is 0 Å². The fraction of sp³-hybridized carbons (Fsp3) is 0.350. The van der Waals surface area contributed by atoms with Crippen molar-refractivity contribution < 1.29 is 23.5 Å². The zero-order chi connectivity index (χ0) is 20.2. The molecular formula is C20H19N3O5S. The summed E-state index contributed by atoms with van der Waals surface area (Å²) in [5.74, 6) is 0.226. The van der Waals surface area contributed by atoms with Crippen molar-refractivity contribution in [1.82, 2.24) is 5.32 Å². The molecule has 1 saturated heterocycles. The first-order chi connectivity index (χ1) is 14.1. The van der Waals surface area contributed by atoms with Gasteiger partial charge in [0.2, 0.25) is 5.91 Å². The molecule has 1 fully saturated rings. The van der Waals surface area contributed by atoms with E-state index in [0.29, 0.717) is 48.8 Å². The number of alkyl carbamates (subject to hydrolysis) is 1. The van der Waals surface area contributed by atoms with E-state index in [2.05, 4.69) is 16.7 Å². The summed E-state index contributed by atoms with van der Waals surface area (Å²) in [7, 11) is 0. The van der Waals surface area contributed by atoms with E-state index >= 15 is 0 Å². The molecule has 4 rings (SSSR count). The highest BCUT2D eigenvalue weighted by atomic mass is 32.1. The Morgan fingerprint density at radius 2 is 2.24 bits per heavy atom. The monoisotopic (exact) mass is 413 g/mol. The van der Waals surface area contributed by atoms with Gasteiger partial charge in [0.25, 0.3) is 0 Å². The van der Waals surface area contributed by atoms with Crippen molar-refractivity contribution in [3.05, 3.63) is 46.2 Å². The summed E-state index contributed by atoms with van der Waals surface area (Å²) in [6.45, 7) is 1.02. The van der Waals surface area contributed by atoms with Crippen molar-refractivity contribution in [2.24, 2.45) is 0 Å². The molecule has 0 radical (unpaired) electrons. The van der Waals surface area contributed by atoms with Crippen LogP contribution in [-0.2, 0) is 27.1 Å². The molecule has 2 N–H and O–H groups in total. The molecule has 1 aliphatic heterocycles. The van der Waals surface area contributed by atoms with E-state index in [1.807, 2.05) is 0 Å². The average Bonchev–Trinajstić information content (AvgIpc) is 3.30. The number of nitriles is 1. The number of nitrogens with one attached hydrogen (secondary N) is 2. The van der Waals surface area contributed by atoms with Crippen LogP contribution >= 0.6 is 11.3 Å². The first-order valence-corrected chi connectivity index (χ1v) is 10.1. The van der Waals surface area contributed by atoms with Gasteiger partial charge in [-0.05, 0) is 36.6 Å². The number of rotatable bonds is 5. The summed E-state index contributed by atoms with van der Waals surface area (Å²) in [6.07, 6.45) is 5.54. The van der Waals surface area contributed by atoms with Gasteiger partial charge in [0.1, 0.15) is 22.9 Å². The van der Waals surface area contributed by atoms with Crippen LogP contribution in [0.3, 0.4) is 0 Å². The maximum Gasteiger partial charge on any atom is 0.407 e. The molecule has 0 bridgehead atoms. The first-order valence-electron chi connectivity index (χ1n) is 9.24. The second kappa shape index (κ2) is 8.51. The summed E-state index contributed by atoms with van der Waals surface area (Å²) in [5, 5.41) is 15.6. The molecule has 1 atom stereocenters. The van der Waals surface area contributed by atoms with E-state index in [4.69, 9.17) is 13.9 Å². The number of ether oxygens (including phenoxy) is 2.